The number of piperazine rings is 1. The number of anilines is 1. The molecule has 0 spiro atoms. The summed E-state index contributed by atoms with van der Waals surface area (Å²) in [4.78, 5) is 28.9. The van der Waals surface area contributed by atoms with Gasteiger partial charge in [0.1, 0.15) is 6.33 Å². The van der Waals surface area contributed by atoms with Gasteiger partial charge in [-0.3, -0.25) is 9.69 Å². The molecule has 0 aliphatic carbocycles. The molecule has 1 N–H and O–H groups in total. The molecule has 0 bridgehead atoms. The van der Waals surface area contributed by atoms with Gasteiger partial charge in [0.2, 0.25) is 5.82 Å². The fourth-order valence-corrected chi connectivity index (χ4v) is 3.30. The molecule has 0 atom stereocenters. The van der Waals surface area contributed by atoms with Crippen molar-refractivity contribution in [2.24, 2.45) is 0 Å². The summed E-state index contributed by atoms with van der Waals surface area (Å²) in [5.74, 6) is -0.123. The highest BCUT2D eigenvalue weighted by Gasteiger charge is 2.18. The minimum atomic E-state index is -0.366. The highest BCUT2D eigenvalue weighted by Crippen LogP contribution is 2.15. The number of benzene rings is 1. The first-order chi connectivity index (χ1) is 14.3. The summed E-state index contributed by atoms with van der Waals surface area (Å²) in [6.45, 7) is 5.59. The number of carbonyl (C=O) groups is 1. The maximum Gasteiger partial charge on any atom is 0.316 e. The van der Waals surface area contributed by atoms with Gasteiger partial charge >= 0.3 is 11.8 Å². The molecule has 9 nitrogen and oxygen atoms in total. The van der Waals surface area contributed by atoms with E-state index in [4.69, 9.17) is 4.52 Å². The normalized spacial score (nSPS) is 14.7. The van der Waals surface area contributed by atoms with E-state index in [1.165, 1.54) is 12.0 Å². The molecular formula is C20H23N7O2. The zero-order valence-electron chi connectivity index (χ0n) is 16.1. The van der Waals surface area contributed by atoms with E-state index in [-0.39, 0.29) is 11.8 Å². The first kappa shape index (κ1) is 19.0. The van der Waals surface area contributed by atoms with E-state index in [0.717, 1.165) is 39.1 Å². The van der Waals surface area contributed by atoms with Gasteiger partial charge in [-0.15, -0.1) is 0 Å². The Labute approximate surface area is 168 Å². The molecule has 1 aromatic carbocycles. The second-order valence-corrected chi connectivity index (χ2v) is 6.82. The number of amides is 1. The largest absolute Gasteiger partial charge is 0.369 e. The van der Waals surface area contributed by atoms with Crippen molar-refractivity contribution in [1.82, 2.24) is 30.3 Å². The van der Waals surface area contributed by atoms with Gasteiger partial charge in [-0.1, -0.05) is 23.4 Å². The van der Waals surface area contributed by atoms with Crippen molar-refractivity contribution in [3.05, 3.63) is 54.9 Å². The first-order valence-electron chi connectivity index (χ1n) is 9.69. The number of nitrogens with one attached hydrogen (secondary N) is 1. The number of hydrogen-bond acceptors (Lipinski definition) is 8. The number of hydrogen-bond donors (Lipinski definition) is 1. The van der Waals surface area contributed by atoms with Gasteiger partial charge in [-0.25, -0.2) is 9.97 Å². The molecule has 150 valence electrons. The van der Waals surface area contributed by atoms with Crippen molar-refractivity contribution < 1.29 is 9.32 Å². The molecule has 9 heteroatoms. The van der Waals surface area contributed by atoms with Gasteiger partial charge in [-0.2, -0.15) is 4.98 Å². The quantitative estimate of drug-likeness (QED) is 0.603. The van der Waals surface area contributed by atoms with Crippen molar-refractivity contribution in [3.8, 4) is 11.4 Å². The van der Waals surface area contributed by atoms with Gasteiger partial charge in [0.15, 0.2) is 0 Å². The van der Waals surface area contributed by atoms with E-state index >= 15 is 0 Å². The van der Waals surface area contributed by atoms with Crippen LogP contribution in [-0.4, -0.2) is 70.2 Å². The summed E-state index contributed by atoms with van der Waals surface area (Å²) in [5.41, 5.74) is 1.88. The Balaban J connectivity index is 1.17. The van der Waals surface area contributed by atoms with Crippen LogP contribution in [0.5, 0.6) is 0 Å². The highest BCUT2D eigenvalue weighted by molar-refractivity contribution is 5.89. The van der Waals surface area contributed by atoms with Gasteiger partial charge in [0, 0.05) is 50.8 Å². The Bertz CT molecular complexity index is 909. The molecule has 1 aliphatic heterocycles. The Morgan fingerprint density at radius 2 is 1.83 bits per heavy atom. The Hall–Kier alpha value is -3.33. The van der Waals surface area contributed by atoms with Crippen molar-refractivity contribution in [1.29, 1.82) is 0 Å². The molecule has 0 saturated carbocycles. The van der Waals surface area contributed by atoms with Gasteiger partial charge in [-0.05, 0) is 25.1 Å². The summed E-state index contributed by atoms with van der Waals surface area (Å²) in [5, 5.41) is 6.64. The van der Waals surface area contributed by atoms with Crippen LogP contribution in [0.4, 0.5) is 5.69 Å². The lowest BCUT2D eigenvalue weighted by Gasteiger charge is -2.36. The molecule has 1 fully saturated rings. The van der Waals surface area contributed by atoms with Crippen molar-refractivity contribution in [2.45, 2.75) is 6.42 Å². The molecular weight excluding hydrogens is 370 g/mol. The summed E-state index contributed by atoms with van der Waals surface area (Å²) in [7, 11) is 0. The second kappa shape index (κ2) is 9.24. The van der Waals surface area contributed by atoms with E-state index in [2.05, 4.69) is 59.5 Å². The maximum absolute atomic E-state index is 12.2. The lowest BCUT2D eigenvalue weighted by molar-refractivity contribution is 0.0907. The van der Waals surface area contributed by atoms with Crippen LogP contribution in [0.1, 0.15) is 17.1 Å². The number of carbonyl (C=O) groups excluding carboxylic acids is 1. The van der Waals surface area contributed by atoms with Crippen LogP contribution < -0.4 is 10.2 Å². The van der Waals surface area contributed by atoms with Crippen molar-refractivity contribution in [2.75, 3.05) is 44.2 Å². The molecule has 3 aromatic rings. The number of rotatable bonds is 7. The molecule has 29 heavy (non-hydrogen) atoms. The third-order valence-corrected chi connectivity index (χ3v) is 4.87. The third kappa shape index (κ3) is 4.94. The lowest BCUT2D eigenvalue weighted by Crippen LogP contribution is -2.47. The number of para-hydroxylation sites is 1. The first-order valence-corrected chi connectivity index (χ1v) is 9.69. The highest BCUT2D eigenvalue weighted by atomic mass is 16.5. The lowest BCUT2D eigenvalue weighted by atomic mass is 10.2. The fourth-order valence-electron chi connectivity index (χ4n) is 3.30. The molecule has 1 amide bonds. The van der Waals surface area contributed by atoms with Crippen LogP contribution >= 0.6 is 0 Å². The molecule has 1 aliphatic rings. The van der Waals surface area contributed by atoms with Crippen molar-refractivity contribution >= 4 is 11.6 Å². The minimum absolute atomic E-state index is 0.0553. The van der Waals surface area contributed by atoms with E-state index in [0.29, 0.717) is 17.9 Å². The molecule has 1 saturated heterocycles. The summed E-state index contributed by atoms with van der Waals surface area (Å²) in [6, 6.07) is 10.5. The zero-order chi connectivity index (χ0) is 19.9. The Kier molecular flexibility index (Phi) is 6.06. The van der Waals surface area contributed by atoms with Crippen molar-refractivity contribution in [3.63, 3.8) is 0 Å². The number of nitrogens with zero attached hydrogens (tertiary/aromatic N) is 6. The van der Waals surface area contributed by atoms with E-state index in [1.807, 2.05) is 6.07 Å². The van der Waals surface area contributed by atoms with Crippen LogP contribution in [0.25, 0.3) is 11.4 Å². The topological polar surface area (TPSA) is 100 Å². The SMILES string of the molecule is O=C(NCCCN1CCN(c2ccccc2)CC1)c1nc(-c2cncnc2)no1. The smallest absolute Gasteiger partial charge is 0.316 e. The standard InChI is InChI=1S/C20H23N7O2/c28-19(20-24-18(25-29-20)16-13-21-15-22-14-16)23-7-4-8-26-9-11-27(12-10-26)17-5-2-1-3-6-17/h1-3,5-6,13-15H,4,7-12H2,(H,23,28). The van der Waals surface area contributed by atoms with Crippen LogP contribution in [0.3, 0.4) is 0 Å². The van der Waals surface area contributed by atoms with Crippen LogP contribution in [0, 0.1) is 0 Å². The summed E-state index contributed by atoms with van der Waals surface area (Å²) < 4.78 is 5.04. The Morgan fingerprint density at radius 3 is 2.59 bits per heavy atom. The van der Waals surface area contributed by atoms with E-state index < -0.39 is 0 Å². The molecule has 2 aromatic heterocycles. The Morgan fingerprint density at radius 1 is 1.07 bits per heavy atom. The monoisotopic (exact) mass is 393 g/mol. The molecule has 4 rings (SSSR count). The van der Waals surface area contributed by atoms with Gasteiger partial charge in [0.05, 0.1) is 5.56 Å². The van der Waals surface area contributed by atoms with Gasteiger partial charge < -0.3 is 14.7 Å². The molecule has 3 heterocycles. The summed E-state index contributed by atoms with van der Waals surface area (Å²) in [6.07, 6.45) is 5.41. The average molecular weight is 393 g/mol. The zero-order valence-corrected chi connectivity index (χ0v) is 16.1. The predicted octanol–water partition coefficient (Wildman–Crippen LogP) is 1.47. The third-order valence-electron chi connectivity index (χ3n) is 4.87. The second-order valence-electron chi connectivity index (χ2n) is 6.82. The molecule has 0 radical (unpaired) electrons. The molecule has 0 unspecified atom stereocenters. The average Bonchev–Trinajstić information content (AvgIpc) is 3.29. The van der Waals surface area contributed by atoms with Crippen LogP contribution in [-0.2, 0) is 0 Å². The van der Waals surface area contributed by atoms with Crippen LogP contribution in [0.15, 0.2) is 53.6 Å². The van der Waals surface area contributed by atoms with E-state index in [1.54, 1.807) is 12.4 Å². The van der Waals surface area contributed by atoms with Crippen LogP contribution in [0.2, 0.25) is 0 Å². The van der Waals surface area contributed by atoms with E-state index in [9.17, 15) is 4.79 Å². The maximum atomic E-state index is 12.2. The predicted molar refractivity (Wildman–Crippen MR) is 107 cm³/mol. The van der Waals surface area contributed by atoms with Gasteiger partial charge in [0.25, 0.3) is 0 Å². The fraction of sp³-hybridized carbons (Fsp3) is 0.350. The number of aromatic nitrogens is 4. The minimum Gasteiger partial charge on any atom is -0.369 e. The summed E-state index contributed by atoms with van der Waals surface area (Å²) >= 11 is 0.